The third kappa shape index (κ3) is 4.52. The molecule has 0 atom stereocenters. The van der Waals surface area contributed by atoms with Crippen LogP contribution in [0.4, 0.5) is 5.69 Å². The normalized spacial score (nSPS) is 17.9. The van der Waals surface area contributed by atoms with Gasteiger partial charge in [0, 0.05) is 61.1 Å². The van der Waals surface area contributed by atoms with E-state index in [0.717, 1.165) is 31.9 Å². The summed E-state index contributed by atoms with van der Waals surface area (Å²) in [6.45, 7) is 3.27. The first kappa shape index (κ1) is 18.5. The Bertz CT molecular complexity index is 761. The molecule has 2 saturated heterocycles. The van der Waals surface area contributed by atoms with Crippen LogP contribution < -0.4 is 14.6 Å². The number of amides is 1. The number of aromatic nitrogens is 1. The third-order valence-electron chi connectivity index (χ3n) is 4.84. The molecule has 1 amide bonds. The first-order valence-electron chi connectivity index (χ1n) is 9.25. The van der Waals surface area contributed by atoms with Gasteiger partial charge in [0.1, 0.15) is 5.75 Å². The van der Waals surface area contributed by atoms with Gasteiger partial charge < -0.3 is 14.5 Å². The number of rotatable bonds is 5. The van der Waals surface area contributed by atoms with Crippen LogP contribution in [0.15, 0.2) is 48.8 Å². The van der Waals surface area contributed by atoms with Gasteiger partial charge >= 0.3 is 0 Å². The van der Waals surface area contributed by atoms with Crippen molar-refractivity contribution in [3.05, 3.63) is 54.4 Å². The SMILES string of the molecule is O=C(COc1ccccc1C1SCCS1)N1CCN(c2cc[nH+]cc2)CC1. The van der Waals surface area contributed by atoms with E-state index in [1.807, 2.05) is 59.0 Å². The molecule has 7 heteroatoms. The number of para-hydroxylation sites is 1. The van der Waals surface area contributed by atoms with Crippen molar-refractivity contribution < 1.29 is 14.5 Å². The van der Waals surface area contributed by atoms with Crippen molar-refractivity contribution in [1.82, 2.24) is 4.90 Å². The maximum Gasteiger partial charge on any atom is 0.260 e. The lowest BCUT2D eigenvalue weighted by Gasteiger charge is -2.35. The summed E-state index contributed by atoms with van der Waals surface area (Å²) in [6, 6.07) is 12.2. The van der Waals surface area contributed by atoms with E-state index >= 15 is 0 Å². The van der Waals surface area contributed by atoms with E-state index in [-0.39, 0.29) is 12.5 Å². The monoisotopic (exact) mass is 402 g/mol. The van der Waals surface area contributed by atoms with Gasteiger partial charge in [-0.1, -0.05) is 18.2 Å². The number of pyridine rings is 1. The third-order valence-corrected chi connectivity index (χ3v) is 7.91. The number of benzene rings is 1. The lowest BCUT2D eigenvalue weighted by atomic mass is 10.2. The summed E-state index contributed by atoms with van der Waals surface area (Å²) in [6.07, 6.45) is 3.86. The van der Waals surface area contributed by atoms with Gasteiger partial charge in [0.2, 0.25) is 0 Å². The molecule has 0 saturated carbocycles. The fraction of sp³-hybridized carbons (Fsp3) is 0.400. The number of carbonyl (C=O) groups is 1. The van der Waals surface area contributed by atoms with Gasteiger partial charge in [0.05, 0.1) is 4.58 Å². The molecule has 27 heavy (non-hydrogen) atoms. The molecular formula is C20H24N3O2S2+. The molecule has 142 valence electrons. The Balaban J connectivity index is 1.31. The van der Waals surface area contributed by atoms with E-state index in [4.69, 9.17) is 4.74 Å². The Kier molecular flexibility index (Phi) is 6.09. The molecule has 5 nitrogen and oxygen atoms in total. The highest BCUT2D eigenvalue weighted by molar-refractivity contribution is 8.19. The standard InChI is InChI=1S/C20H23N3O2S2/c24-19(23-11-9-22(10-12-23)16-5-7-21-8-6-16)15-25-18-4-2-1-3-17(18)20-26-13-14-27-20/h1-8,20H,9-15H2/p+1. The van der Waals surface area contributed by atoms with E-state index in [2.05, 4.69) is 28.1 Å². The molecule has 2 aliphatic rings. The lowest BCUT2D eigenvalue weighted by Crippen LogP contribution is -2.50. The molecule has 2 fully saturated rings. The molecule has 1 aromatic heterocycles. The Morgan fingerprint density at radius 2 is 1.74 bits per heavy atom. The van der Waals surface area contributed by atoms with Crippen LogP contribution in [0.3, 0.4) is 0 Å². The van der Waals surface area contributed by atoms with Crippen molar-refractivity contribution >= 4 is 35.1 Å². The second-order valence-corrected chi connectivity index (χ2v) is 9.25. The van der Waals surface area contributed by atoms with Gasteiger partial charge in [-0.15, -0.1) is 23.5 Å². The summed E-state index contributed by atoms with van der Waals surface area (Å²) < 4.78 is 6.36. The highest BCUT2D eigenvalue weighted by Crippen LogP contribution is 2.48. The quantitative estimate of drug-likeness (QED) is 0.770. The molecule has 2 aliphatic heterocycles. The van der Waals surface area contributed by atoms with Crippen LogP contribution in [0.25, 0.3) is 0 Å². The minimum absolute atomic E-state index is 0.0672. The fourth-order valence-corrected chi connectivity index (χ4v) is 6.29. The van der Waals surface area contributed by atoms with Gasteiger partial charge in [-0.2, -0.15) is 0 Å². The molecule has 3 heterocycles. The average molecular weight is 403 g/mol. The highest BCUT2D eigenvalue weighted by Gasteiger charge is 2.24. The van der Waals surface area contributed by atoms with E-state index in [9.17, 15) is 4.79 Å². The molecular weight excluding hydrogens is 378 g/mol. The van der Waals surface area contributed by atoms with Crippen LogP contribution >= 0.6 is 23.5 Å². The number of thioether (sulfide) groups is 2. The summed E-state index contributed by atoms with van der Waals surface area (Å²) in [5.74, 6) is 3.26. The topological polar surface area (TPSA) is 46.9 Å². The second-order valence-electron chi connectivity index (χ2n) is 6.53. The van der Waals surface area contributed by atoms with Crippen LogP contribution in [-0.2, 0) is 4.79 Å². The van der Waals surface area contributed by atoms with Crippen LogP contribution in [0.2, 0.25) is 0 Å². The van der Waals surface area contributed by atoms with Crippen LogP contribution in [0.1, 0.15) is 10.1 Å². The van der Waals surface area contributed by atoms with E-state index < -0.39 is 0 Å². The van der Waals surface area contributed by atoms with Gasteiger partial charge in [0.25, 0.3) is 5.91 Å². The van der Waals surface area contributed by atoms with Crippen LogP contribution in [-0.4, -0.2) is 55.1 Å². The molecule has 0 aliphatic carbocycles. The molecule has 1 aromatic carbocycles. The largest absolute Gasteiger partial charge is 0.483 e. The number of ether oxygens (including phenoxy) is 1. The lowest BCUT2D eigenvalue weighted by molar-refractivity contribution is -0.377. The zero-order chi connectivity index (χ0) is 18.5. The summed E-state index contributed by atoms with van der Waals surface area (Å²) >= 11 is 3.90. The molecule has 0 spiro atoms. The van der Waals surface area contributed by atoms with Crippen molar-refractivity contribution in [3.8, 4) is 5.75 Å². The van der Waals surface area contributed by atoms with Gasteiger partial charge in [-0.3, -0.25) is 4.79 Å². The number of piperazine rings is 1. The van der Waals surface area contributed by atoms with Crippen molar-refractivity contribution in [2.24, 2.45) is 0 Å². The maximum absolute atomic E-state index is 12.6. The zero-order valence-electron chi connectivity index (χ0n) is 15.2. The number of hydrogen-bond acceptors (Lipinski definition) is 5. The first-order valence-corrected chi connectivity index (χ1v) is 11.3. The van der Waals surface area contributed by atoms with E-state index in [1.54, 1.807) is 0 Å². The summed E-state index contributed by atoms with van der Waals surface area (Å²) in [5.41, 5.74) is 2.39. The summed E-state index contributed by atoms with van der Waals surface area (Å²) in [5, 5.41) is 0. The van der Waals surface area contributed by atoms with Crippen molar-refractivity contribution in [2.45, 2.75) is 4.58 Å². The molecule has 0 unspecified atom stereocenters. The zero-order valence-corrected chi connectivity index (χ0v) is 16.8. The number of hydrogen-bond donors (Lipinski definition) is 0. The molecule has 2 aromatic rings. The minimum atomic E-state index is 0.0672. The Labute approximate surface area is 168 Å². The van der Waals surface area contributed by atoms with Crippen molar-refractivity contribution in [1.29, 1.82) is 0 Å². The number of carbonyl (C=O) groups excluding carboxylic acids is 1. The Morgan fingerprint density at radius 3 is 2.48 bits per heavy atom. The Morgan fingerprint density at radius 1 is 1.04 bits per heavy atom. The smallest absolute Gasteiger partial charge is 0.260 e. The van der Waals surface area contributed by atoms with Crippen LogP contribution in [0.5, 0.6) is 5.75 Å². The Hall–Kier alpha value is -1.86. The number of nitrogens with one attached hydrogen (secondary N) is 1. The minimum Gasteiger partial charge on any atom is -0.483 e. The van der Waals surface area contributed by atoms with Crippen molar-refractivity contribution in [3.63, 3.8) is 0 Å². The van der Waals surface area contributed by atoms with Gasteiger partial charge in [-0.05, 0) is 6.07 Å². The van der Waals surface area contributed by atoms with Crippen LogP contribution in [0, 0.1) is 0 Å². The fourth-order valence-electron chi connectivity index (χ4n) is 3.38. The van der Waals surface area contributed by atoms with Crippen molar-refractivity contribution in [2.75, 3.05) is 49.2 Å². The first-order chi connectivity index (χ1) is 13.3. The predicted octanol–water partition coefficient (Wildman–Crippen LogP) is 2.71. The van der Waals surface area contributed by atoms with E-state index in [1.165, 1.54) is 22.8 Å². The molecule has 0 bridgehead atoms. The number of anilines is 1. The second kappa shape index (κ2) is 8.89. The van der Waals surface area contributed by atoms with E-state index in [0.29, 0.717) is 4.58 Å². The maximum atomic E-state index is 12.6. The molecule has 1 N–H and O–H groups in total. The van der Waals surface area contributed by atoms with Gasteiger partial charge in [0.15, 0.2) is 19.0 Å². The van der Waals surface area contributed by atoms with Gasteiger partial charge in [-0.25, -0.2) is 4.98 Å². The summed E-state index contributed by atoms with van der Waals surface area (Å²) in [4.78, 5) is 19.9. The molecule has 0 radical (unpaired) electrons. The molecule has 4 rings (SSSR count). The number of nitrogens with zero attached hydrogens (tertiary/aromatic N) is 2. The average Bonchev–Trinajstić information content (AvgIpc) is 3.28. The summed E-state index contributed by atoms with van der Waals surface area (Å²) in [7, 11) is 0. The number of aromatic amines is 1. The predicted molar refractivity (Wildman–Crippen MR) is 111 cm³/mol. The number of H-pyrrole nitrogens is 1. The highest BCUT2D eigenvalue weighted by atomic mass is 32.2.